The molecule has 0 unspecified atom stereocenters. The largest absolute Gasteiger partial charge is 0.261 e. The van der Waals surface area contributed by atoms with Crippen molar-refractivity contribution in [1.82, 2.24) is 4.98 Å². The Balaban J connectivity index is 2.42. The van der Waals surface area contributed by atoms with E-state index >= 15 is 0 Å². The highest BCUT2D eigenvalue weighted by Crippen LogP contribution is 2.31. The van der Waals surface area contributed by atoms with Crippen molar-refractivity contribution in [3.05, 3.63) is 35.0 Å². The molecule has 80 valence electrons. The number of hydrogen-bond donors (Lipinski definition) is 0. The van der Waals surface area contributed by atoms with E-state index in [2.05, 4.69) is 36.4 Å². The van der Waals surface area contributed by atoms with Gasteiger partial charge in [-0.15, -0.1) is 0 Å². The Morgan fingerprint density at radius 1 is 1.40 bits per heavy atom. The van der Waals surface area contributed by atoms with Gasteiger partial charge in [-0.2, -0.15) is 0 Å². The lowest BCUT2D eigenvalue weighted by molar-refractivity contribution is 0.750. The van der Waals surface area contributed by atoms with Crippen LogP contribution in [-0.4, -0.2) is 4.98 Å². The van der Waals surface area contributed by atoms with Gasteiger partial charge in [0.2, 0.25) is 0 Å². The molecule has 0 aromatic carbocycles. The van der Waals surface area contributed by atoms with Gasteiger partial charge in [0.1, 0.15) is 0 Å². The minimum atomic E-state index is 0.531. The molecule has 0 atom stereocenters. The van der Waals surface area contributed by atoms with E-state index < -0.39 is 0 Å². The van der Waals surface area contributed by atoms with E-state index in [1.165, 1.54) is 35.4 Å². The standard InChI is InChI=1S/C13H17NS/c1-10(2)13-11-6-4-3-5-9-15-12(11)7-8-14-13/h5,7-10H,3-4,6H2,1-2H3/b9-5-. The molecule has 0 spiro atoms. The molecule has 2 heterocycles. The molecule has 2 rings (SSSR count). The van der Waals surface area contributed by atoms with Crippen LogP contribution in [0.25, 0.3) is 0 Å². The molecular formula is C13H17NS. The van der Waals surface area contributed by atoms with E-state index in [4.69, 9.17) is 0 Å². The monoisotopic (exact) mass is 219 g/mol. The van der Waals surface area contributed by atoms with Crippen molar-refractivity contribution in [1.29, 1.82) is 0 Å². The summed E-state index contributed by atoms with van der Waals surface area (Å²) < 4.78 is 0. The summed E-state index contributed by atoms with van der Waals surface area (Å²) in [6.45, 7) is 4.45. The first kappa shape index (κ1) is 10.7. The summed E-state index contributed by atoms with van der Waals surface area (Å²) in [4.78, 5) is 5.92. The lowest BCUT2D eigenvalue weighted by Gasteiger charge is -2.16. The van der Waals surface area contributed by atoms with Crippen LogP contribution in [0.2, 0.25) is 0 Å². The Hall–Kier alpha value is -0.760. The summed E-state index contributed by atoms with van der Waals surface area (Å²) in [5.74, 6) is 0.531. The number of hydrogen-bond acceptors (Lipinski definition) is 2. The van der Waals surface area contributed by atoms with Crippen molar-refractivity contribution in [2.45, 2.75) is 43.9 Å². The molecule has 1 nitrogen and oxygen atoms in total. The van der Waals surface area contributed by atoms with Crippen molar-refractivity contribution >= 4 is 11.8 Å². The first-order chi connectivity index (χ1) is 7.29. The highest BCUT2D eigenvalue weighted by molar-refractivity contribution is 8.02. The molecule has 0 aliphatic carbocycles. The Kier molecular flexibility index (Phi) is 3.47. The summed E-state index contributed by atoms with van der Waals surface area (Å²) in [5.41, 5.74) is 2.76. The summed E-state index contributed by atoms with van der Waals surface area (Å²) >= 11 is 1.83. The van der Waals surface area contributed by atoms with Crippen molar-refractivity contribution in [3.63, 3.8) is 0 Å². The maximum absolute atomic E-state index is 4.53. The Bertz CT molecular complexity index is 369. The molecule has 1 aromatic heterocycles. The zero-order valence-electron chi connectivity index (χ0n) is 9.36. The second-order valence-corrected chi connectivity index (χ2v) is 5.16. The second-order valence-electron chi connectivity index (χ2n) is 4.21. The number of thioether (sulfide) groups is 1. The SMILES string of the molecule is CC(C)c1nccc2c1CCC/C=C\S2. The van der Waals surface area contributed by atoms with Crippen LogP contribution in [0.3, 0.4) is 0 Å². The molecule has 0 bridgehead atoms. The predicted molar refractivity (Wildman–Crippen MR) is 66.3 cm³/mol. The van der Waals surface area contributed by atoms with Crippen LogP contribution < -0.4 is 0 Å². The molecule has 0 saturated carbocycles. The van der Waals surface area contributed by atoms with Gasteiger partial charge in [-0.05, 0) is 42.2 Å². The van der Waals surface area contributed by atoms with E-state index in [1.807, 2.05) is 18.0 Å². The van der Waals surface area contributed by atoms with Crippen LogP contribution >= 0.6 is 11.8 Å². The molecule has 1 aromatic rings. The Morgan fingerprint density at radius 2 is 2.27 bits per heavy atom. The lowest BCUT2D eigenvalue weighted by Crippen LogP contribution is -2.02. The number of fused-ring (bicyclic) bond motifs is 1. The number of allylic oxidation sites excluding steroid dienone is 1. The first-order valence-electron chi connectivity index (χ1n) is 5.58. The van der Waals surface area contributed by atoms with Gasteiger partial charge >= 0.3 is 0 Å². The van der Waals surface area contributed by atoms with Crippen LogP contribution in [0.15, 0.2) is 28.6 Å². The van der Waals surface area contributed by atoms with E-state index in [1.54, 1.807) is 0 Å². The maximum Gasteiger partial charge on any atom is 0.0472 e. The summed E-state index contributed by atoms with van der Waals surface area (Å²) in [7, 11) is 0. The van der Waals surface area contributed by atoms with Crippen molar-refractivity contribution in [3.8, 4) is 0 Å². The summed E-state index contributed by atoms with van der Waals surface area (Å²) in [6.07, 6.45) is 7.82. The second kappa shape index (κ2) is 4.84. The minimum Gasteiger partial charge on any atom is -0.261 e. The zero-order chi connectivity index (χ0) is 10.7. The van der Waals surface area contributed by atoms with Gasteiger partial charge in [-0.1, -0.05) is 31.7 Å². The number of nitrogens with zero attached hydrogens (tertiary/aromatic N) is 1. The smallest absolute Gasteiger partial charge is 0.0472 e. The normalized spacial score (nSPS) is 18.1. The van der Waals surface area contributed by atoms with Crippen LogP contribution in [0.5, 0.6) is 0 Å². The number of rotatable bonds is 1. The van der Waals surface area contributed by atoms with Gasteiger partial charge in [-0.25, -0.2) is 0 Å². The fraction of sp³-hybridized carbons (Fsp3) is 0.462. The van der Waals surface area contributed by atoms with Gasteiger partial charge in [0.25, 0.3) is 0 Å². The van der Waals surface area contributed by atoms with Crippen LogP contribution in [0, 0.1) is 0 Å². The average Bonchev–Trinajstić information content (AvgIpc) is 2.17. The van der Waals surface area contributed by atoms with Crippen molar-refractivity contribution in [2.75, 3.05) is 0 Å². The molecule has 0 radical (unpaired) electrons. The fourth-order valence-corrected chi connectivity index (χ4v) is 2.80. The third kappa shape index (κ3) is 2.43. The average molecular weight is 219 g/mol. The van der Waals surface area contributed by atoms with E-state index in [-0.39, 0.29) is 0 Å². The van der Waals surface area contributed by atoms with E-state index in [0.29, 0.717) is 5.92 Å². The van der Waals surface area contributed by atoms with Gasteiger partial charge in [0, 0.05) is 16.8 Å². The quantitative estimate of drug-likeness (QED) is 0.704. The summed E-state index contributed by atoms with van der Waals surface area (Å²) in [5, 5.41) is 2.21. The number of aromatic nitrogens is 1. The molecule has 0 amide bonds. The van der Waals surface area contributed by atoms with Gasteiger partial charge in [0.05, 0.1) is 0 Å². The topological polar surface area (TPSA) is 12.9 Å². The minimum absolute atomic E-state index is 0.531. The highest BCUT2D eigenvalue weighted by atomic mass is 32.2. The highest BCUT2D eigenvalue weighted by Gasteiger charge is 2.12. The van der Waals surface area contributed by atoms with E-state index in [0.717, 1.165) is 0 Å². The maximum atomic E-state index is 4.53. The molecule has 2 heteroatoms. The molecule has 0 saturated heterocycles. The van der Waals surface area contributed by atoms with Crippen LogP contribution in [0.4, 0.5) is 0 Å². The predicted octanol–water partition coefficient (Wildman–Crippen LogP) is 4.15. The van der Waals surface area contributed by atoms with Crippen molar-refractivity contribution in [2.24, 2.45) is 0 Å². The molecule has 15 heavy (non-hydrogen) atoms. The van der Waals surface area contributed by atoms with E-state index in [9.17, 15) is 0 Å². The molecule has 0 fully saturated rings. The van der Waals surface area contributed by atoms with Crippen LogP contribution in [0.1, 0.15) is 43.9 Å². The third-order valence-corrected chi connectivity index (χ3v) is 3.65. The Labute approximate surface area is 96.0 Å². The van der Waals surface area contributed by atoms with Crippen LogP contribution in [-0.2, 0) is 6.42 Å². The summed E-state index contributed by atoms with van der Waals surface area (Å²) in [6, 6.07) is 2.14. The molecular weight excluding hydrogens is 202 g/mol. The first-order valence-corrected chi connectivity index (χ1v) is 6.46. The van der Waals surface area contributed by atoms with Gasteiger partial charge in [-0.3, -0.25) is 4.98 Å². The number of pyridine rings is 1. The molecule has 1 aliphatic heterocycles. The fourth-order valence-electron chi connectivity index (χ4n) is 1.94. The third-order valence-electron chi connectivity index (χ3n) is 2.68. The molecule has 0 N–H and O–H groups in total. The zero-order valence-corrected chi connectivity index (χ0v) is 10.2. The van der Waals surface area contributed by atoms with Crippen molar-refractivity contribution < 1.29 is 0 Å². The molecule has 1 aliphatic rings. The lowest BCUT2D eigenvalue weighted by atomic mass is 9.99. The Morgan fingerprint density at radius 3 is 3.07 bits per heavy atom. The van der Waals surface area contributed by atoms with Gasteiger partial charge in [0.15, 0.2) is 0 Å². The van der Waals surface area contributed by atoms with Gasteiger partial charge < -0.3 is 0 Å².